The van der Waals surface area contributed by atoms with Gasteiger partial charge in [0, 0.05) is 0 Å². The van der Waals surface area contributed by atoms with Gasteiger partial charge in [-0.25, -0.2) is 0 Å². The SMILES string of the molecule is O=S(=O)(O)CC[CH2][K]. The van der Waals surface area contributed by atoms with E-state index in [0.29, 0.717) is 55.4 Å². The second-order valence-corrected chi connectivity index (χ2v) is 4.77. The quantitative estimate of drug-likeness (QED) is 0.464. The Morgan fingerprint density at radius 3 is 2.12 bits per heavy atom. The van der Waals surface area contributed by atoms with Crippen LogP contribution in [0.2, 0.25) is 0.515 Å². The van der Waals surface area contributed by atoms with Crippen molar-refractivity contribution in [3.63, 3.8) is 0 Å². The molecule has 0 aliphatic heterocycles. The van der Waals surface area contributed by atoms with Crippen LogP contribution in [0.3, 0.4) is 0 Å². The zero-order valence-corrected chi connectivity index (χ0v) is 8.73. The molecule has 3 nitrogen and oxygen atoms in total. The van der Waals surface area contributed by atoms with Gasteiger partial charge < -0.3 is 0 Å². The van der Waals surface area contributed by atoms with Crippen LogP contribution in [0.1, 0.15) is 6.42 Å². The number of hydrogen-bond donors (Lipinski definition) is 1. The summed E-state index contributed by atoms with van der Waals surface area (Å²) in [6.07, 6.45) is 0.624. The molecular formula is C3H7KO3S. The molecule has 0 aliphatic carbocycles. The fraction of sp³-hybridized carbons (Fsp3) is 1.00. The van der Waals surface area contributed by atoms with Crippen LogP contribution in [0.25, 0.3) is 0 Å². The van der Waals surface area contributed by atoms with Crippen molar-refractivity contribution in [1.82, 2.24) is 0 Å². The van der Waals surface area contributed by atoms with Crippen molar-refractivity contribution in [3.8, 4) is 0 Å². The summed E-state index contributed by atoms with van der Waals surface area (Å²) in [5, 5.41) is 0. The Bertz CT molecular complexity index is 139. The third kappa shape index (κ3) is 7.55. The minimum absolute atomic E-state index is 0.0608. The van der Waals surface area contributed by atoms with Crippen LogP contribution in [0.4, 0.5) is 0 Å². The number of hydrogen-bond acceptors (Lipinski definition) is 2. The van der Waals surface area contributed by atoms with Crippen LogP contribution >= 0.6 is 0 Å². The van der Waals surface area contributed by atoms with E-state index in [-0.39, 0.29) is 5.75 Å². The zero-order valence-electron chi connectivity index (χ0n) is 4.79. The molecule has 1 N–H and O–H groups in total. The molecular weight excluding hydrogens is 155 g/mol. The Kier molecular flexibility index (Phi) is 5.22. The third-order valence-corrected chi connectivity index (χ3v) is 2.66. The predicted molar refractivity (Wildman–Crippen MR) is 31.6 cm³/mol. The van der Waals surface area contributed by atoms with Gasteiger partial charge in [0.05, 0.1) is 0 Å². The first-order valence-corrected chi connectivity index (χ1v) is 6.33. The molecule has 0 saturated heterocycles. The average Bonchev–Trinajstić information content (AvgIpc) is 1.59. The van der Waals surface area contributed by atoms with Crippen LogP contribution in [0.15, 0.2) is 0 Å². The Morgan fingerprint density at radius 1 is 1.50 bits per heavy atom. The summed E-state index contributed by atoms with van der Waals surface area (Å²) in [6, 6.07) is 0. The predicted octanol–water partition coefficient (Wildman–Crippen LogP) is -0.149. The summed E-state index contributed by atoms with van der Waals surface area (Å²) in [4.78, 5) is 0. The molecule has 0 unspecified atom stereocenters. The monoisotopic (exact) mass is 162 g/mol. The van der Waals surface area contributed by atoms with Gasteiger partial charge in [-0.2, -0.15) is 0 Å². The van der Waals surface area contributed by atoms with E-state index in [0.717, 1.165) is 0.515 Å². The van der Waals surface area contributed by atoms with Gasteiger partial charge in [-0.1, -0.05) is 0 Å². The van der Waals surface area contributed by atoms with Crippen molar-refractivity contribution < 1.29 is 13.0 Å². The van der Waals surface area contributed by atoms with E-state index >= 15 is 0 Å². The van der Waals surface area contributed by atoms with E-state index in [9.17, 15) is 8.42 Å². The standard InChI is InChI=1S/C3H7O3S.K/c1-2-3-7(4,5)6;/h1-3H2,(H,4,5,6);. The molecule has 0 radical (unpaired) electrons. The molecule has 0 heterocycles. The van der Waals surface area contributed by atoms with Crippen molar-refractivity contribution in [2.24, 2.45) is 0 Å². The first kappa shape index (κ1) is 9.55. The molecule has 5 heteroatoms. The van der Waals surface area contributed by atoms with Gasteiger partial charge in [0.15, 0.2) is 0 Å². The summed E-state index contributed by atoms with van der Waals surface area (Å²) in [5.74, 6) is -0.0608. The van der Waals surface area contributed by atoms with E-state index in [4.69, 9.17) is 4.55 Å². The molecule has 0 aromatic carbocycles. The van der Waals surface area contributed by atoms with E-state index in [1.807, 2.05) is 0 Å². The van der Waals surface area contributed by atoms with Crippen molar-refractivity contribution in [1.29, 1.82) is 0 Å². The molecule has 0 atom stereocenters. The second-order valence-electron chi connectivity index (χ2n) is 1.64. The van der Waals surface area contributed by atoms with E-state index < -0.39 is 10.1 Å². The fourth-order valence-electron chi connectivity index (χ4n) is 0.327. The summed E-state index contributed by atoms with van der Waals surface area (Å²) in [7, 11) is -3.66. The maximum atomic E-state index is 9.97. The molecule has 0 fully saturated rings. The van der Waals surface area contributed by atoms with Gasteiger partial charge >= 0.3 is 84.7 Å². The molecule has 0 saturated carbocycles. The summed E-state index contributed by atoms with van der Waals surface area (Å²) < 4.78 is 29.1. The average molecular weight is 162 g/mol. The topological polar surface area (TPSA) is 54.4 Å². The number of rotatable bonds is 3. The molecule has 0 aromatic heterocycles. The zero-order chi connectivity index (χ0) is 6.62. The van der Waals surface area contributed by atoms with Crippen LogP contribution in [0, 0.1) is 0 Å². The van der Waals surface area contributed by atoms with E-state index in [1.54, 1.807) is 0 Å². The first-order valence-electron chi connectivity index (χ1n) is 2.51. The third-order valence-electron chi connectivity index (χ3n) is 0.756. The van der Waals surface area contributed by atoms with Gasteiger partial charge in [0.1, 0.15) is 0 Å². The molecule has 44 valence electrons. The van der Waals surface area contributed by atoms with Gasteiger partial charge in [-0.05, 0) is 0 Å². The van der Waals surface area contributed by atoms with E-state index in [2.05, 4.69) is 0 Å². The Balaban J connectivity index is 3.42. The van der Waals surface area contributed by atoms with Gasteiger partial charge in [0.25, 0.3) is 0 Å². The molecule has 0 aromatic rings. The first-order chi connectivity index (χ1) is 3.56. The molecule has 0 bridgehead atoms. The molecule has 8 heavy (non-hydrogen) atoms. The maximum absolute atomic E-state index is 9.97. The summed E-state index contributed by atoms with van der Waals surface area (Å²) >= 11 is 0.706. The van der Waals surface area contributed by atoms with Crippen LogP contribution < -0.4 is 0 Å². The summed E-state index contributed by atoms with van der Waals surface area (Å²) in [6.45, 7) is 0. The van der Waals surface area contributed by atoms with Gasteiger partial charge in [-0.3, -0.25) is 0 Å². The Labute approximate surface area is 83.2 Å². The molecule has 0 amide bonds. The Hall–Kier alpha value is 1.55. The van der Waals surface area contributed by atoms with Crippen LogP contribution in [0.5, 0.6) is 0 Å². The fourth-order valence-corrected chi connectivity index (χ4v) is 2.33. The summed E-state index contributed by atoms with van der Waals surface area (Å²) in [5.41, 5.74) is 0. The normalized spacial score (nSPS) is 11.9. The minimum atomic E-state index is -3.66. The van der Waals surface area contributed by atoms with Gasteiger partial charge in [-0.15, -0.1) is 0 Å². The van der Waals surface area contributed by atoms with E-state index in [1.165, 1.54) is 0 Å². The van der Waals surface area contributed by atoms with Crippen LogP contribution in [-0.2, 0) is 10.1 Å². The molecule has 0 aliphatic rings. The van der Waals surface area contributed by atoms with Crippen molar-refractivity contribution in [2.75, 3.05) is 5.75 Å². The van der Waals surface area contributed by atoms with Crippen molar-refractivity contribution >= 4 is 59.1 Å². The molecule has 0 rings (SSSR count). The van der Waals surface area contributed by atoms with Crippen LogP contribution in [-0.4, -0.2) is 67.7 Å². The van der Waals surface area contributed by atoms with Crippen molar-refractivity contribution in [2.45, 2.75) is 6.94 Å². The molecule has 0 spiro atoms. The van der Waals surface area contributed by atoms with Gasteiger partial charge in [0.2, 0.25) is 0 Å². The second kappa shape index (κ2) is 4.38. The Morgan fingerprint density at radius 2 is 2.00 bits per heavy atom. The van der Waals surface area contributed by atoms with Crippen molar-refractivity contribution in [3.05, 3.63) is 0 Å².